The van der Waals surface area contributed by atoms with Crippen molar-refractivity contribution >= 4 is 34.9 Å². The SMILES string of the molecule is CC(C)c1ccc(/C=C2\SC(=O)N(CC(=O)N3CCCC3)C2=O)cc1. The van der Waals surface area contributed by atoms with Gasteiger partial charge in [0.2, 0.25) is 5.91 Å². The Kier molecular flexibility index (Phi) is 5.27. The third-order valence-electron chi connectivity index (χ3n) is 4.53. The van der Waals surface area contributed by atoms with Crippen LogP contribution in [0.2, 0.25) is 0 Å². The Hall–Kier alpha value is -2.08. The fraction of sp³-hybridized carbons (Fsp3) is 0.421. The minimum absolute atomic E-state index is 0.151. The number of hydrogen-bond donors (Lipinski definition) is 0. The zero-order valence-corrected chi connectivity index (χ0v) is 15.3. The van der Waals surface area contributed by atoms with E-state index in [0.717, 1.165) is 35.1 Å². The van der Waals surface area contributed by atoms with Crippen molar-refractivity contribution in [2.45, 2.75) is 32.6 Å². The summed E-state index contributed by atoms with van der Waals surface area (Å²) >= 11 is 0.899. The molecule has 1 aromatic rings. The fourth-order valence-corrected chi connectivity index (χ4v) is 3.80. The molecule has 3 rings (SSSR count). The Morgan fingerprint density at radius 1 is 1.16 bits per heavy atom. The first kappa shape index (κ1) is 17.7. The minimum atomic E-state index is -0.379. The van der Waals surface area contributed by atoms with Crippen molar-refractivity contribution in [1.82, 2.24) is 9.80 Å². The molecule has 0 aliphatic carbocycles. The molecule has 0 atom stereocenters. The monoisotopic (exact) mass is 358 g/mol. The number of thioether (sulfide) groups is 1. The highest BCUT2D eigenvalue weighted by Gasteiger charge is 2.37. The number of amides is 3. The van der Waals surface area contributed by atoms with E-state index in [4.69, 9.17) is 0 Å². The molecule has 0 radical (unpaired) electrons. The summed E-state index contributed by atoms with van der Waals surface area (Å²) in [6.07, 6.45) is 3.69. The van der Waals surface area contributed by atoms with Crippen molar-refractivity contribution in [1.29, 1.82) is 0 Å². The van der Waals surface area contributed by atoms with Gasteiger partial charge in [0.25, 0.3) is 11.1 Å². The highest BCUT2D eigenvalue weighted by atomic mass is 32.2. The Balaban J connectivity index is 1.70. The Bertz CT molecular complexity index is 719. The number of likely N-dealkylation sites (tertiary alicyclic amines) is 1. The lowest BCUT2D eigenvalue weighted by Gasteiger charge is -2.18. The summed E-state index contributed by atoms with van der Waals surface area (Å²) in [6, 6.07) is 7.94. The molecule has 0 N–H and O–H groups in total. The van der Waals surface area contributed by atoms with E-state index in [-0.39, 0.29) is 23.6 Å². The van der Waals surface area contributed by atoms with Crippen molar-refractivity contribution in [2.24, 2.45) is 0 Å². The maximum atomic E-state index is 12.5. The first-order valence-electron chi connectivity index (χ1n) is 8.59. The molecule has 0 unspecified atom stereocenters. The van der Waals surface area contributed by atoms with Crippen molar-refractivity contribution < 1.29 is 14.4 Å². The molecule has 0 spiro atoms. The summed E-state index contributed by atoms with van der Waals surface area (Å²) in [5.74, 6) is -0.0873. The Morgan fingerprint density at radius 2 is 1.80 bits per heavy atom. The molecule has 25 heavy (non-hydrogen) atoms. The summed E-state index contributed by atoms with van der Waals surface area (Å²) in [7, 11) is 0. The number of carbonyl (C=O) groups excluding carboxylic acids is 3. The Morgan fingerprint density at radius 3 is 2.40 bits per heavy atom. The first-order chi connectivity index (χ1) is 12.0. The minimum Gasteiger partial charge on any atom is -0.341 e. The highest BCUT2D eigenvalue weighted by Crippen LogP contribution is 2.32. The average molecular weight is 358 g/mol. The van der Waals surface area contributed by atoms with Crippen molar-refractivity contribution in [3.05, 3.63) is 40.3 Å². The predicted octanol–water partition coefficient (Wildman–Crippen LogP) is 3.47. The maximum Gasteiger partial charge on any atom is 0.294 e. The number of imide groups is 1. The summed E-state index contributed by atoms with van der Waals surface area (Å²) in [5.41, 5.74) is 2.10. The van der Waals surface area contributed by atoms with Gasteiger partial charge >= 0.3 is 0 Å². The molecule has 0 aromatic heterocycles. The molecule has 0 saturated carbocycles. The van der Waals surface area contributed by atoms with E-state index in [1.807, 2.05) is 24.3 Å². The van der Waals surface area contributed by atoms with Gasteiger partial charge in [0.15, 0.2) is 0 Å². The van der Waals surface area contributed by atoms with E-state index in [1.165, 1.54) is 5.56 Å². The van der Waals surface area contributed by atoms with Gasteiger partial charge in [-0.05, 0) is 47.7 Å². The maximum absolute atomic E-state index is 12.5. The van der Waals surface area contributed by atoms with Crippen LogP contribution in [0.5, 0.6) is 0 Å². The van der Waals surface area contributed by atoms with E-state index in [1.54, 1.807) is 11.0 Å². The molecule has 132 valence electrons. The quantitative estimate of drug-likeness (QED) is 0.774. The van der Waals surface area contributed by atoms with E-state index in [0.29, 0.717) is 23.9 Å². The second-order valence-corrected chi connectivity index (χ2v) is 7.67. The number of nitrogens with zero attached hydrogens (tertiary/aromatic N) is 2. The van der Waals surface area contributed by atoms with Crippen LogP contribution in [0.25, 0.3) is 6.08 Å². The van der Waals surface area contributed by atoms with Gasteiger partial charge in [-0.3, -0.25) is 19.3 Å². The van der Waals surface area contributed by atoms with Crippen molar-refractivity contribution in [3.8, 4) is 0 Å². The van der Waals surface area contributed by atoms with Crippen LogP contribution >= 0.6 is 11.8 Å². The normalized spacial score (nSPS) is 19.6. The molecule has 2 saturated heterocycles. The topological polar surface area (TPSA) is 57.7 Å². The molecular weight excluding hydrogens is 336 g/mol. The second kappa shape index (κ2) is 7.44. The fourth-order valence-electron chi connectivity index (χ4n) is 2.97. The van der Waals surface area contributed by atoms with Crippen LogP contribution in [0.4, 0.5) is 4.79 Å². The molecule has 1 aromatic carbocycles. The molecule has 2 aliphatic rings. The standard InChI is InChI=1S/C19H22N2O3S/c1-13(2)15-7-5-14(6-8-15)11-16-18(23)21(19(24)25-16)12-17(22)20-9-3-4-10-20/h5-8,11,13H,3-4,9-10,12H2,1-2H3/b16-11-. The molecule has 3 amide bonds. The molecule has 2 fully saturated rings. The first-order valence-corrected chi connectivity index (χ1v) is 9.40. The van der Waals surface area contributed by atoms with Gasteiger partial charge in [-0.25, -0.2) is 0 Å². The lowest BCUT2D eigenvalue weighted by Crippen LogP contribution is -2.40. The van der Waals surface area contributed by atoms with Crippen LogP contribution in [0.1, 0.15) is 43.7 Å². The largest absolute Gasteiger partial charge is 0.341 e. The number of rotatable bonds is 4. The summed E-state index contributed by atoms with van der Waals surface area (Å²) in [4.78, 5) is 40.0. The van der Waals surface area contributed by atoms with Crippen LogP contribution in [-0.2, 0) is 9.59 Å². The van der Waals surface area contributed by atoms with Gasteiger partial charge < -0.3 is 4.90 Å². The molecule has 2 aliphatic heterocycles. The van der Waals surface area contributed by atoms with Gasteiger partial charge in [0, 0.05) is 13.1 Å². The van der Waals surface area contributed by atoms with Crippen LogP contribution in [-0.4, -0.2) is 46.5 Å². The van der Waals surface area contributed by atoms with E-state index in [2.05, 4.69) is 13.8 Å². The Labute approximate surface area is 152 Å². The smallest absolute Gasteiger partial charge is 0.294 e. The van der Waals surface area contributed by atoms with Crippen molar-refractivity contribution in [3.63, 3.8) is 0 Å². The number of carbonyl (C=O) groups is 3. The van der Waals surface area contributed by atoms with Gasteiger partial charge in [0.1, 0.15) is 6.54 Å². The van der Waals surface area contributed by atoms with Crippen LogP contribution < -0.4 is 0 Å². The zero-order chi connectivity index (χ0) is 18.0. The summed E-state index contributed by atoms with van der Waals surface area (Å²) < 4.78 is 0. The molecule has 0 bridgehead atoms. The van der Waals surface area contributed by atoms with Crippen LogP contribution in [0.3, 0.4) is 0 Å². The van der Waals surface area contributed by atoms with Crippen molar-refractivity contribution in [2.75, 3.05) is 19.6 Å². The zero-order valence-electron chi connectivity index (χ0n) is 14.5. The summed E-state index contributed by atoms with van der Waals surface area (Å²) in [5, 5.41) is -0.373. The average Bonchev–Trinajstić information content (AvgIpc) is 3.20. The van der Waals surface area contributed by atoms with Gasteiger partial charge in [-0.1, -0.05) is 38.1 Å². The third kappa shape index (κ3) is 3.95. The number of benzene rings is 1. The molecular formula is C19H22N2O3S. The lowest BCUT2D eigenvalue weighted by atomic mass is 10.0. The highest BCUT2D eigenvalue weighted by molar-refractivity contribution is 8.18. The summed E-state index contributed by atoms with van der Waals surface area (Å²) in [6.45, 7) is 5.52. The van der Waals surface area contributed by atoms with E-state index >= 15 is 0 Å². The molecule has 2 heterocycles. The molecule has 5 nitrogen and oxygen atoms in total. The van der Waals surface area contributed by atoms with E-state index < -0.39 is 0 Å². The number of hydrogen-bond acceptors (Lipinski definition) is 4. The van der Waals surface area contributed by atoms with E-state index in [9.17, 15) is 14.4 Å². The predicted molar refractivity (Wildman–Crippen MR) is 99.0 cm³/mol. The van der Waals surface area contributed by atoms with Gasteiger partial charge in [-0.2, -0.15) is 0 Å². The molecule has 6 heteroatoms. The van der Waals surface area contributed by atoms with Gasteiger partial charge in [-0.15, -0.1) is 0 Å². The van der Waals surface area contributed by atoms with Crippen LogP contribution in [0, 0.1) is 0 Å². The second-order valence-electron chi connectivity index (χ2n) is 6.68. The lowest BCUT2D eigenvalue weighted by molar-refractivity contribution is -0.135. The van der Waals surface area contributed by atoms with Gasteiger partial charge in [0.05, 0.1) is 4.91 Å². The third-order valence-corrected chi connectivity index (χ3v) is 5.43. The van der Waals surface area contributed by atoms with Crippen LogP contribution in [0.15, 0.2) is 29.2 Å².